The zero-order chi connectivity index (χ0) is 8.53. The van der Waals surface area contributed by atoms with Crippen LogP contribution < -0.4 is 5.73 Å². The van der Waals surface area contributed by atoms with E-state index in [1.54, 1.807) is 0 Å². The number of thioether (sulfide) groups is 1. The van der Waals surface area contributed by atoms with E-state index in [-0.39, 0.29) is 0 Å². The van der Waals surface area contributed by atoms with Crippen molar-refractivity contribution in [1.82, 2.24) is 0 Å². The monoisotopic (exact) mass is 171 g/mol. The van der Waals surface area contributed by atoms with Gasteiger partial charge in [-0.05, 0) is 19.9 Å². The standard InChI is InChI=1S/C9H17NS/c1-3-4-5-8-11-9(2)6-7-10/h9H,5-8,10H2,1-2H3. The molecule has 2 N–H and O–H groups in total. The van der Waals surface area contributed by atoms with Gasteiger partial charge in [0.15, 0.2) is 0 Å². The number of nitrogens with two attached hydrogens (primary N) is 1. The van der Waals surface area contributed by atoms with Crippen molar-refractivity contribution in [2.45, 2.75) is 31.9 Å². The van der Waals surface area contributed by atoms with Crippen molar-refractivity contribution >= 4 is 11.8 Å². The van der Waals surface area contributed by atoms with Crippen LogP contribution in [0.15, 0.2) is 0 Å². The van der Waals surface area contributed by atoms with Crippen LogP contribution in [-0.2, 0) is 0 Å². The second kappa shape index (κ2) is 7.97. The van der Waals surface area contributed by atoms with E-state index in [9.17, 15) is 0 Å². The van der Waals surface area contributed by atoms with Crippen LogP contribution in [0.4, 0.5) is 0 Å². The molecule has 0 bridgehead atoms. The van der Waals surface area contributed by atoms with Crippen LogP contribution in [0, 0.1) is 11.8 Å². The third kappa shape index (κ3) is 7.77. The minimum atomic E-state index is 0.693. The number of hydrogen-bond donors (Lipinski definition) is 1. The molecule has 1 unspecified atom stereocenters. The molecule has 0 aromatic heterocycles. The van der Waals surface area contributed by atoms with E-state index in [4.69, 9.17) is 5.73 Å². The molecular formula is C9H17NS. The Bertz CT molecular complexity index is 134. The van der Waals surface area contributed by atoms with Gasteiger partial charge in [-0.25, -0.2) is 0 Å². The highest BCUT2D eigenvalue weighted by Gasteiger charge is 1.98. The van der Waals surface area contributed by atoms with E-state index in [1.807, 2.05) is 18.7 Å². The molecule has 2 heteroatoms. The topological polar surface area (TPSA) is 26.0 Å². The lowest BCUT2D eigenvalue weighted by molar-refractivity contribution is 0.823. The highest BCUT2D eigenvalue weighted by Crippen LogP contribution is 2.13. The first kappa shape index (κ1) is 10.9. The highest BCUT2D eigenvalue weighted by molar-refractivity contribution is 7.99. The fourth-order valence-corrected chi connectivity index (χ4v) is 1.68. The lowest BCUT2D eigenvalue weighted by atomic mass is 10.3. The SMILES string of the molecule is CC#CCCSC(C)CCN. The summed E-state index contributed by atoms with van der Waals surface area (Å²) in [6.07, 6.45) is 2.13. The summed E-state index contributed by atoms with van der Waals surface area (Å²) >= 11 is 1.96. The molecule has 0 aliphatic carbocycles. The molecule has 0 rings (SSSR count). The van der Waals surface area contributed by atoms with Crippen molar-refractivity contribution in [3.05, 3.63) is 0 Å². The maximum absolute atomic E-state index is 5.42. The Morgan fingerprint density at radius 1 is 1.55 bits per heavy atom. The molecule has 0 aliphatic heterocycles. The van der Waals surface area contributed by atoms with Gasteiger partial charge in [0.1, 0.15) is 0 Å². The van der Waals surface area contributed by atoms with E-state index in [2.05, 4.69) is 18.8 Å². The normalized spacial score (nSPS) is 11.9. The Labute approximate surface area is 74.1 Å². The molecule has 0 saturated heterocycles. The minimum absolute atomic E-state index is 0.693. The Kier molecular flexibility index (Phi) is 7.88. The van der Waals surface area contributed by atoms with Crippen molar-refractivity contribution < 1.29 is 0 Å². The number of hydrogen-bond acceptors (Lipinski definition) is 2. The van der Waals surface area contributed by atoms with Crippen LogP contribution in [0.5, 0.6) is 0 Å². The van der Waals surface area contributed by atoms with Crippen molar-refractivity contribution in [3.63, 3.8) is 0 Å². The largest absolute Gasteiger partial charge is 0.330 e. The molecule has 0 heterocycles. The Morgan fingerprint density at radius 2 is 2.27 bits per heavy atom. The van der Waals surface area contributed by atoms with Crippen LogP contribution in [-0.4, -0.2) is 17.5 Å². The maximum Gasteiger partial charge on any atom is 0.0180 e. The molecular weight excluding hydrogens is 154 g/mol. The molecule has 1 atom stereocenters. The van der Waals surface area contributed by atoms with Crippen LogP contribution in [0.1, 0.15) is 26.7 Å². The summed E-state index contributed by atoms with van der Waals surface area (Å²) < 4.78 is 0. The molecule has 0 fully saturated rings. The second-order valence-corrected chi connectivity index (χ2v) is 3.98. The molecule has 0 amide bonds. The molecule has 11 heavy (non-hydrogen) atoms. The summed E-state index contributed by atoms with van der Waals surface area (Å²) in [5.41, 5.74) is 5.42. The summed E-state index contributed by atoms with van der Waals surface area (Å²) in [5.74, 6) is 7.07. The molecule has 0 radical (unpaired) electrons. The molecule has 0 aromatic carbocycles. The average Bonchev–Trinajstić information content (AvgIpc) is 1.99. The fourth-order valence-electron chi connectivity index (χ4n) is 0.754. The van der Waals surface area contributed by atoms with Crippen molar-refractivity contribution in [3.8, 4) is 11.8 Å². The zero-order valence-corrected chi connectivity index (χ0v) is 8.21. The molecule has 0 saturated carbocycles. The first-order valence-electron chi connectivity index (χ1n) is 4.02. The van der Waals surface area contributed by atoms with Crippen LogP contribution in [0.3, 0.4) is 0 Å². The highest BCUT2D eigenvalue weighted by atomic mass is 32.2. The molecule has 0 spiro atoms. The zero-order valence-electron chi connectivity index (χ0n) is 7.39. The summed E-state index contributed by atoms with van der Waals surface area (Å²) in [5, 5.41) is 0.693. The van der Waals surface area contributed by atoms with Gasteiger partial charge in [0.25, 0.3) is 0 Å². The van der Waals surface area contributed by atoms with Gasteiger partial charge < -0.3 is 5.73 Å². The van der Waals surface area contributed by atoms with E-state index in [0.717, 1.165) is 25.1 Å². The first-order valence-corrected chi connectivity index (χ1v) is 5.07. The average molecular weight is 171 g/mol. The van der Waals surface area contributed by atoms with Gasteiger partial charge in [-0.3, -0.25) is 0 Å². The smallest absolute Gasteiger partial charge is 0.0180 e. The molecule has 0 aromatic rings. The van der Waals surface area contributed by atoms with Crippen molar-refractivity contribution in [2.75, 3.05) is 12.3 Å². The van der Waals surface area contributed by atoms with Crippen LogP contribution >= 0.6 is 11.8 Å². The van der Waals surface area contributed by atoms with Gasteiger partial charge in [-0.2, -0.15) is 11.8 Å². The van der Waals surface area contributed by atoms with Crippen molar-refractivity contribution in [1.29, 1.82) is 0 Å². The fraction of sp³-hybridized carbons (Fsp3) is 0.778. The van der Waals surface area contributed by atoms with Gasteiger partial charge >= 0.3 is 0 Å². The van der Waals surface area contributed by atoms with E-state index in [1.165, 1.54) is 0 Å². The predicted octanol–water partition coefficient (Wildman–Crippen LogP) is 1.87. The molecule has 64 valence electrons. The molecule has 0 aliphatic rings. The van der Waals surface area contributed by atoms with Crippen molar-refractivity contribution in [2.24, 2.45) is 5.73 Å². The van der Waals surface area contributed by atoms with E-state index in [0.29, 0.717) is 5.25 Å². The number of rotatable bonds is 5. The Morgan fingerprint density at radius 3 is 2.82 bits per heavy atom. The van der Waals surface area contributed by atoms with Gasteiger partial charge in [0.05, 0.1) is 0 Å². The summed E-state index contributed by atoms with van der Waals surface area (Å²) in [4.78, 5) is 0. The first-order chi connectivity index (χ1) is 5.31. The van der Waals surface area contributed by atoms with Gasteiger partial charge in [-0.15, -0.1) is 11.8 Å². The maximum atomic E-state index is 5.42. The third-order valence-corrected chi connectivity index (χ3v) is 2.62. The van der Waals surface area contributed by atoms with Gasteiger partial charge in [0.2, 0.25) is 0 Å². The summed E-state index contributed by atoms with van der Waals surface area (Å²) in [7, 11) is 0. The lowest BCUT2D eigenvalue weighted by Gasteiger charge is -2.06. The molecule has 1 nitrogen and oxygen atoms in total. The summed E-state index contributed by atoms with van der Waals surface area (Å²) in [6.45, 7) is 4.90. The lowest BCUT2D eigenvalue weighted by Crippen LogP contribution is -2.07. The van der Waals surface area contributed by atoms with E-state index < -0.39 is 0 Å². The summed E-state index contributed by atoms with van der Waals surface area (Å²) in [6, 6.07) is 0. The Balaban J connectivity index is 3.14. The van der Waals surface area contributed by atoms with Crippen LogP contribution in [0.25, 0.3) is 0 Å². The third-order valence-electron chi connectivity index (χ3n) is 1.38. The van der Waals surface area contributed by atoms with E-state index >= 15 is 0 Å². The van der Waals surface area contributed by atoms with Crippen LogP contribution in [0.2, 0.25) is 0 Å². The Hall–Kier alpha value is -0.130. The predicted molar refractivity (Wildman–Crippen MR) is 53.7 cm³/mol. The second-order valence-electron chi connectivity index (χ2n) is 2.44. The quantitative estimate of drug-likeness (QED) is 0.505. The van der Waals surface area contributed by atoms with Gasteiger partial charge in [0, 0.05) is 17.4 Å². The van der Waals surface area contributed by atoms with Gasteiger partial charge in [-0.1, -0.05) is 6.92 Å². The minimum Gasteiger partial charge on any atom is -0.330 e.